The summed E-state index contributed by atoms with van der Waals surface area (Å²) in [5.41, 5.74) is 2.69. The summed E-state index contributed by atoms with van der Waals surface area (Å²) in [6, 6.07) is 11.3. The first kappa shape index (κ1) is 28.7. The van der Waals surface area contributed by atoms with Crippen molar-refractivity contribution in [3.8, 4) is 11.5 Å². The lowest BCUT2D eigenvalue weighted by Gasteiger charge is -2.33. The first-order chi connectivity index (χ1) is 18.6. The van der Waals surface area contributed by atoms with Crippen LogP contribution in [0.5, 0.6) is 11.5 Å². The van der Waals surface area contributed by atoms with Crippen LogP contribution in [-0.4, -0.2) is 73.1 Å². The number of hydrogen-bond acceptors (Lipinski definition) is 5. The Labute approximate surface area is 234 Å². The number of methoxy groups -OCH3 is 2. The van der Waals surface area contributed by atoms with E-state index in [0.29, 0.717) is 48.9 Å². The molecule has 0 aromatic heterocycles. The van der Waals surface area contributed by atoms with Gasteiger partial charge in [-0.2, -0.15) is 0 Å². The number of fused-ring (bicyclic) bond motifs is 1. The maximum absolute atomic E-state index is 14.1. The number of ether oxygens (including phenoxy) is 2. The second kappa shape index (κ2) is 12.3. The predicted octanol–water partition coefficient (Wildman–Crippen LogP) is 4.78. The summed E-state index contributed by atoms with van der Waals surface area (Å²) in [4.78, 5) is 42.3. The second-order valence-corrected chi connectivity index (χ2v) is 11.2. The largest absolute Gasteiger partial charge is 0.493 e. The summed E-state index contributed by atoms with van der Waals surface area (Å²) in [5.74, 6) is -0.857. The lowest BCUT2D eigenvalue weighted by atomic mass is 9.82. The summed E-state index contributed by atoms with van der Waals surface area (Å²) < 4.78 is 11.3. The van der Waals surface area contributed by atoms with Crippen molar-refractivity contribution < 1.29 is 29.0 Å². The van der Waals surface area contributed by atoms with Crippen molar-refractivity contribution >= 4 is 29.4 Å². The SMILES string of the molecule is COc1cccc(C2CN(CC(=O)N3CCC(C(=O)O)CC3)C(=O)C(CC(C)C)c3ccc(Cl)cc32)c1OC. The van der Waals surface area contributed by atoms with Crippen LogP contribution in [-0.2, 0) is 14.4 Å². The first-order valence-electron chi connectivity index (χ1n) is 13.4. The van der Waals surface area contributed by atoms with Crippen molar-refractivity contribution in [3.63, 3.8) is 0 Å². The average molecular weight is 557 g/mol. The molecule has 2 unspecified atom stereocenters. The van der Waals surface area contributed by atoms with Crippen molar-refractivity contribution in [1.82, 2.24) is 9.80 Å². The van der Waals surface area contributed by atoms with Crippen LogP contribution in [0.3, 0.4) is 0 Å². The maximum Gasteiger partial charge on any atom is 0.306 e. The molecule has 2 aliphatic rings. The number of rotatable bonds is 8. The predicted molar refractivity (Wildman–Crippen MR) is 149 cm³/mol. The molecule has 0 aliphatic carbocycles. The molecule has 2 heterocycles. The van der Waals surface area contributed by atoms with Gasteiger partial charge in [-0.3, -0.25) is 14.4 Å². The molecule has 39 heavy (non-hydrogen) atoms. The van der Waals surface area contributed by atoms with E-state index in [1.807, 2.05) is 36.4 Å². The van der Waals surface area contributed by atoms with Gasteiger partial charge in [-0.1, -0.05) is 43.6 Å². The third kappa shape index (κ3) is 6.16. The molecule has 0 saturated carbocycles. The molecule has 2 aliphatic heterocycles. The Kier molecular flexibility index (Phi) is 9.05. The number of para-hydroxylation sites is 1. The molecule has 1 saturated heterocycles. The number of likely N-dealkylation sites (tertiary alicyclic amines) is 1. The van der Waals surface area contributed by atoms with E-state index in [2.05, 4.69) is 13.8 Å². The van der Waals surface area contributed by atoms with Crippen molar-refractivity contribution in [1.29, 1.82) is 0 Å². The molecule has 2 atom stereocenters. The maximum atomic E-state index is 14.1. The van der Waals surface area contributed by atoms with E-state index in [9.17, 15) is 19.5 Å². The summed E-state index contributed by atoms with van der Waals surface area (Å²) in [7, 11) is 3.17. The smallest absolute Gasteiger partial charge is 0.306 e. The Hall–Kier alpha value is -3.26. The molecular formula is C30H37ClN2O6. The fourth-order valence-corrected chi connectivity index (χ4v) is 6.04. The van der Waals surface area contributed by atoms with Gasteiger partial charge in [0.1, 0.15) is 0 Å². The highest BCUT2D eigenvalue weighted by Crippen LogP contribution is 2.44. The van der Waals surface area contributed by atoms with Crippen LogP contribution in [0.1, 0.15) is 61.6 Å². The number of nitrogens with zero attached hydrogens (tertiary/aromatic N) is 2. The second-order valence-electron chi connectivity index (χ2n) is 10.8. The van der Waals surface area contributed by atoms with Crippen molar-refractivity contribution in [2.45, 2.75) is 44.9 Å². The Morgan fingerprint density at radius 3 is 2.38 bits per heavy atom. The van der Waals surface area contributed by atoms with Gasteiger partial charge in [-0.05, 0) is 54.5 Å². The Balaban J connectivity index is 1.75. The molecule has 2 aromatic carbocycles. The molecule has 1 fully saturated rings. The lowest BCUT2D eigenvalue weighted by Crippen LogP contribution is -2.47. The van der Waals surface area contributed by atoms with Gasteiger partial charge in [0.2, 0.25) is 11.8 Å². The molecular weight excluding hydrogens is 520 g/mol. The van der Waals surface area contributed by atoms with Crippen LogP contribution >= 0.6 is 11.6 Å². The molecule has 2 amide bonds. The zero-order chi connectivity index (χ0) is 28.3. The number of carbonyl (C=O) groups excluding carboxylic acids is 2. The van der Waals surface area contributed by atoms with E-state index in [4.69, 9.17) is 21.1 Å². The third-order valence-electron chi connectivity index (χ3n) is 7.85. The molecule has 2 aromatic rings. The third-order valence-corrected chi connectivity index (χ3v) is 8.09. The quantitative estimate of drug-likeness (QED) is 0.502. The summed E-state index contributed by atoms with van der Waals surface area (Å²) in [6.45, 7) is 5.10. The highest BCUT2D eigenvalue weighted by molar-refractivity contribution is 6.30. The minimum atomic E-state index is -0.826. The Morgan fingerprint density at radius 1 is 1.05 bits per heavy atom. The molecule has 1 N–H and O–H groups in total. The van der Waals surface area contributed by atoms with Gasteiger partial charge >= 0.3 is 5.97 Å². The van der Waals surface area contributed by atoms with Crippen LogP contribution in [0.15, 0.2) is 36.4 Å². The number of benzene rings is 2. The van der Waals surface area contributed by atoms with Gasteiger partial charge < -0.3 is 24.4 Å². The Bertz CT molecular complexity index is 1220. The number of carboxylic acids is 1. The highest BCUT2D eigenvalue weighted by atomic mass is 35.5. The number of carboxylic acid groups (broad SMARTS) is 1. The molecule has 8 nitrogen and oxygen atoms in total. The standard InChI is InChI=1S/C30H37ClN2O6/c1-18(2)14-24-21-9-8-20(31)15-23(21)25(22-6-5-7-26(38-3)28(22)39-4)16-33(29(24)35)17-27(34)32-12-10-19(11-13-32)30(36)37/h5-9,15,18-19,24-25H,10-14,16-17H2,1-4H3,(H,36,37). The minimum absolute atomic E-state index is 0.0737. The summed E-state index contributed by atoms with van der Waals surface area (Å²) in [6.07, 6.45) is 1.46. The average Bonchev–Trinajstić information content (AvgIpc) is 3.02. The number of piperidine rings is 1. The Morgan fingerprint density at radius 2 is 1.77 bits per heavy atom. The first-order valence-corrected chi connectivity index (χ1v) is 13.8. The number of carbonyl (C=O) groups is 3. The fraction of sp³-hybridized carbons (Fsp3) is 0.500. The van der Waals surface area contributed by atoms with E-state index in [0.717, 1.165) is 16.7 Å². The van der Waals surface area contributed by atoms with Gasteiger partial charge in [-0.25, -0.2) is 0 Å². The normalized spacial score (nSPS) is 20.0. The van der Waals surface area contributed by atoms with E-state index in [1.165, 1.54) is 0 Å². The monoisotopic (exact) mass is 556 g/mol. The van der Waals surface area contributed by atoms with E-state index < -0.39 is 17.8 Å². The molecule has 9 heteroatoms. The zero-order valence-corrected chi connectivity index (χ0v) is 23.7. The van der Waals surface area contributed by atoms with Crippen molar-refractivity contribution in [2.24, 2.45) is 11.8 Å². The number of aliphatic carboxylic acids is 1. The molecule has 0 radical (unpaired) electrons. The van der Waals surface area contributed by atoms with E-state index >= 15 is 0 Å². The summed E-state index contributed by atoms with van der Waals surface area (Å²) >= 11 is 6.50. The fourth-order valence-electron chi connectivity index (χ4n) is 5.86. The molecule has 0 spiro atoms. The van der Waals surface area contributed by atoms with Crippen molar-refractivity contribution in [3.05, 3.63) is 58.1 Å². The van der Waals surface area contributed by atoms with Crippen LogP contribution in [0.2, 0.25) is 5.02 Å². The van der Waals surface area contributed by atoms with Crippen LogP contribution in [0, 0.1) is 11.8 Å². The lowest BCUT2D eigenvalue weighted by molar-refractivity contribution is -0.147. The summed E-state index contributed by atoms with van der Waals surface area (Å²) in [5, 5.41) is 9.90. The number of hydrogen-bond donors (Lipinski definition) is 1. The number of amides is 2. The van der Waals surface area contributed by atoms with E-state index in [1.54, 1.807) is 24.0 Å². The van der Waals surface area contributed by atoms with Gasteiger partial charge in [0, 0.05) is 36.1 Å². The van der Waals surface area contributed by atoms with Crippen LogP contribution in [0.25, 0.3) is 0 Å². The van der Waals surface area contributed by atoms with Gasteiger partial charge in [0.05, 0.1) is 32.6 Å². The zero-order valence-electron chi connectivity index (χ0n) is 23.0. The number of halogens is 1. The minimum Gasteiger partial charge on any atom is -0.493 e. The van der Waals surface area contributed by atoms with Gasteiger partial charge in [0.25, 0.3) is 0 Å². The van der Waals surface area contributed by atoms with Crippen molar-refractivity contribution in [2.75, 3.05) is 40.4 Å². The van der Waals surface area contributed by atoms with Gasteiger partial charge in [-0.15, -0.1) is 0 Å². The molecule has 4 rings (SSSR count). The molecule has 210 valence electrons. The topological polar surface area (TPSA) is 96.4 Å². The van der Waals surface area contributed by atoms with Gasteiger partial charge in [0.15, 0.2) is 11.5 Å². The molecule has 0 bridgehead atoms. The van der Waals surface area contributed by atoms with Crippen LogP contribution in [0.4, 0.5) is 0 Å². The van der Waals surface area contributed by atoms with E-state index in [-0.39, 0.29) is 36.7 Å². The van der Waals surface area contributed by atoms with Crippen LogP contribution < -0.4 is 9.47 Å². The highest BCUT2D eigenvalue weighted by Gasteiger charge is 2.39.